The molecule has 0 bridgehead atoms. The van der Waals surface area contributed by atoms with E-state index in [4.69, 9.17) is 9.84 Å². The number of rotatable bonds is 5. The third-order valence-electron chi connectivity index (χ3n) is 1.62. The van der Waals surface area contributed by atoms with E-state index in [-0.39, 0.29) is 18.8 Å². The van der Waals surface area contributed by atoms with Crippen LogP contribution in [0.1, 0.15) is 20.3 Å². The molecule has 0 fully saturated rings. The molecule has 0 saturated heterocycles. The summed E-state index contributed by atoms with van der Waals surface area (Å²) in [5, 5.41) is 18.3. The Labute approximate surface area is 83.6 Å². The van der Waals surface area contributed by atoms with Crippen LogP contribution in [0.4, 0.5) is 4.79 Å². The molecule has 1 amide bonds. The van der Waals surface area contributed by atoms with Crippen LogP contribution < -0.4 is 0 Å². The van der Waals surface area contributed by atoms with Crippen LogP contribution in [-0.4, -0.2) is 40.6 Å². The fourth-order valence-electron chi connectivity index (χ4n) is 0.989. The van der Waals surface area contributed by atoms with Gasteiger partial charge in [0.25, 0.3) is 0 Å². The van der Waals surface area contributed by atoms with Gasteiger partial charge in [0.15, 0.2) is 0 Å². The lowest BCUT2D eigenvalue weighted by atomic mass is 10.3. The second-order valence-electron chi connectivity index (χ2n) is 2.74. The van der Waals surface area contributed by atoms with Gasteiger partial charge in [-0.05, 0) is 13.8 Å². The molecule has 0 radical (unpaired) electrons. The van der Waals surface area contributed by atoms with Crippen LogP contribution in [0.15, 0.2) is 12.3 Å². The molecule has 0 saturated carbocycles. The summed E-state index contributed by atoms with van der Waals surface area (Å²) in [5.74, 6) is -0.166. The quantitative estimate of drug-likeness (QED) is 0.521. The normalized spacial score (nSPS) is 11.9. The number of hydrogen-bond acceptors (Lipinski definition) is 4. The fraction of sp³-hybridized carbons (Fsp3) is 0.667. The lowest BCUT2D eigenvalue weighted by molar-refractivity contribution is -0.000641. The Balaban J connectivity index is 4.23. The topological polar surface area (TPSA) is 70.0 Å². The van der Waals surface area contributed by atoms with E-state index < -0.39 is 12.3 Å². The van der Waals surface area contributed by atoms with Crippen LogP contribution in [0, 0.1) is 0 Å². The first-order valence-corrected chi connectivity index (χ1v) is 4.51. The molecule has 0 rings (SSSR count). The molecule has 0 spiro atoms. The molecule has 82 valence electrons. The SMILES string of the molecule is C=C(O)CC(O)N(CC)C(=O)OCC. The second-order valence-corrected chi connectivity index (χ2v) is 2.74. The van der Waals surface area contributed by atoms with Crippen molar-refractivity contribution >= 4 is 6.09 Å². The molecule has 0 aromatic rings. The van der Waals surface area contributed by atoms with Gasteiger partial charge in [-0.3, -0.25) is 4.90 Å². The Morgan fingerprint density at radius 3 is 2.50 bits per heavy atom. The van der Waals surface area contributed by atoms with Crippen LogP contribution >= 0.6 is 0 Å². The van der Waals surface area contributed by atoms with E-state index in [9.17, 15) is 9.90 Å². The molecule has 0 aromatic carbocycles. The highest BCUT2D eigenvalue weighted by atomic mass is 16.6. The van der Waals surface area contributed by atoms with Gasteiger partial charge in [0.05, 0.1) is 12.4 Å². The Hall–Kier alpha value is -1.23. The van der Waals surface area contributed by atoms with E-state index in [2.05, 4.69) is 6.58 Å². The molecule has 0 aliphatic rings. The van der Waals surface area contributed by atoms with Gasteiger partial charge < -0.3 is 14.9 Å². The largest absolute Gasteiger partial charge is 0.513 e. The molecular formula is C9H17NO4. The zero-order valence-corrected chi connectivity index (χ0v) is 8.56. The van der Waals surface area contributed by atoms with Gasteiger partial charge in [-0.15, -0.1) is 0 Å². The number of hydrogen-bond donors (Lipinski definition) is 2. The minimum atomic E-state index is -1.09. The summed E-state index contributed by atoms with van der Waals surface area (Å²) in [7, 11) is 0. The minimum absolute atomic E-state index is 0.0628. The van der Waals surface area contributed by atoms with E-state index in [1.54, 1.807) is 13.8 Å². The van der Waals surface area contributed by atoms with Gasteiger partial charge in [-0.1, -0.05) is 6.58 Å². The zero-order chi connectivity index (χ0) is 11.1. The second kappa shape index (κ2) is 6.26. The van der Waals surface area contributed by atoms with Crippen LogP contribution in [-0.2, 0) is 4.74 Å². The number of amides is 1. The van der Waals surface area contributed by atoms with Gasteiger partial charge >= 0.3 is 6.09 Å². The van der Waals surface area contributed by atoms with Crippen LogP contribution in [0.25, 0.3) is 0 Å². The number of aliphatic hydroxyl groups excluding tert-OH is 2. The number of nitrogens with zero attached hydrogens (tertiary/aromatic N) is 1. The van der Waals surface area contributed by atoms with Crippen molar-refractivity contribution in [3.8, 4) is 0 Å². The number of ether oxygens (including phenoxy) is 1. The summed E-state index contributed by atoms with van der Waals surface area (Å²) < 4.78 is 4.71. The maximum absolute atomic E-state index is 11.2. The molecular weight excluding hydrogens is 186 g/mol. The predicted octanol–water partition coefficient (Wildman–Crippen LogP) is 1.24. The smallest absolute Gasteiger partial charge is 0.411 e. The molecule has 2 N–H and O–H groups in total. The van der Waals surface area contributed by atoms with E-state index in [1.165, 1.54) is 0 Å². The first-order valence-electron chi connectivity index (χ1n) is 4.51. The van der Waals surface area contributed by atoms with E-state index in [0.717, 1.165) is 4.90 Å². The lowest BCUT2D eigenvalue weighted by Crippen LogP contribution is -2.40. The van der Waals surface area contributed by atoms with Crippen LogP contribution in [0.5, 0.6) is 0 Å². The van der Waals surface area contributed by atoms with Crippen LogP contribution in [0.3, 0.4) is 0 Å². The highest BCUT2D eigenvalue weighted by molar-refractivity contribution is 5.67. The fourth-order valence-corrected chi connectivity index (χ4v) is 0.989. The number of aliphatic hydroxyl groups is 2. The Kier molecular flexibility index (Phi) is 5.71. The average molecular weight is 203 g/mol. The summed E-state index contributed by atoms with van der Waals surface area (Å²) in [4.78, 5) is 12.3. The van der Waals surface area contributed by atoms with Gasteiger partial charge in [-0.2, -0.15) is 0 Å². The third kappa shape index (κ3) is 4.13. The molecule has 14 heavy (non-hydrogen) atoms. The monoisotopic (exact) mass is 203 g/mol. The summed E-state index contributed by atoms with van der Waals surface area (Å²) in [6, 6.07) is 0. The number of carbonyl (C=O) groups excluding carboxylic acids is 1. The van der Waals surface area contributed by atoms with Crippen molar-refractivity contribution < 1.29 is 19.7 Å². The van der Waals surface area contributed by atoms with Crippen molar-refractivity contribution in [2.75, 3.05) is 13.2 Å². The summed E-state index contributed by atoms with van der Waals surface area (Å²) in [6.45, 7) is 7.19. The Bertz CT molecular complexity index is 205. The standard InChI is InChI=1S/C9H17NO4/c1-4-10(9(13)14-5-2)8(12)6-7(3)11/h8,11-12H,3-6H2,1-2H3. The third-order valence-corrected chi connectivity index (χ3v) is 1.62. The van der Waals surface area contributed by atoms with Crippen molar-refractivity contribution in [2.45, 2.75) is 26.5 Å². The first-order chi connectivity index (χ1) is 6.52. The van der Waals surface area contributed by atoms with E-state index >= 15 is 0 Å². The molecule has 1 atom stereocenters. The average Bonchev–Trinajstić information content (AvgIpc) is 2.04. The van der Waals surface area contributed by atoms with E-state index in [1.807, 2.05) is 0 Å². The maximum Gasteiger partial charge on any atom is 0.411 e. The van der Waals surface area contributed by atoms with Gasteiger partial charge in [0, 0.05) is 13.0 Å². The molecule has 0 aromatic heterocycles. The van der Waals surface area contributed by atoms with Gasteiger partial charge in [0.1, 0.15) is 6.23 Å². The van der Waals surface area contributed by atoms with Crippen molar-refractivity contribution in [1.82, 2.24) is 4.90 Å². The minimum Gasteiger partial charge on any atom is -0.513 e. The zero-order valence-electron chi connectivity index (χ0n) is 8.56. The summed E-state index contributed by atoms with van der Waals surface area (Å²) in [6.07, 6.45) is -1.74. The maximum atomic E-state index is 11.2. The molecule has 0 aliphatic carbocycles. The Morgan fingerprint density at radius 2 is 2.14 bits per heavy atom. The molecule has 0 heterocycles. The van der Waals surface area contributed by atoms with Crippen molar-refractivity contribution in [3.63, 3.8) is 0 Å². The first kappa shape index (κ1) is 12.8. The molecule has 5 nitrogen and oxygen atoms in total. The predicted molar refractivity (Wildman–Crippen MR) is 51.8 cm³/mol. The highest BCUT2D eigenvalue weighted by Gasteiger charge is 2.21. The molecule has 0 aliphatic heterocycles. The molecule has 5 heteroatoms. The summed E-state index contributed by atoms with van der Waals surface area (Å²) >= 11 is 0. The van der Waals surface area contributed by atoms with Gasteiger partial charge in [0.2, 0.25) is 0 Å². The Morgan fingerprint density at radius 1 is 1.57 bits per heavy atom. The van der Waals surface area contributed by atoms with E-state index in [0.29, 0.717) is 6.54 Å². The van der Waals surface area contributed by atoms with Crippen molar-refractivity contribution in [2.24, 2.45) is 0 Å². The summed E-state index contributed by atoms with van der Waals surface area (Å²) in [5.41, 5.74) is 0. The number of carbonyl (C=O) groups is 1. The van der Waals surface area contributed by atoms with Crippen LogP contribution in [0.2, 0.25) is 0 Å². The van der Waals surface area contributed by atoms with Crippen molar-refractivity contribution in [3.05, 3.63) is 12.3 Å². The van der Waals surface area contributed by atoms with Crippen molar-refractivity contribution in [1.29, 1.82) is 0 Å². The van der Waals surface area contributed by atoms with Gasteiger partial charge in [-0.25, -0.2) is 4.79 Å². The lowest BCUT2D eigenvalue weighted by Gasteiger charge is -2.25. The highest BCUT2D eigenvalue weighted by Crippen LogP contribution is 2.07. The molecule has 1 unspecified atom stereocenters.